The summed E-state index contributed by atoms with van der Waals surface area (Å²) in [5.74, 6) is -2.82. The first-order valence-corrected chi connectivity index (χ1v) is 11.2. The van der Waals surface area contributed by atoms with Gasteiger partial charge >= 0.3 is 0 Å². The third-order valence-corrected chi connectivity index (χ3v) is 5.71. The number of hydrogen-bond acceptors (Lipinski definition) is 5. The van der Waals surface area contributed by atoms with Crippen LogP contribution in [0.2, 0.25) is 5.02 Å². The van der Waals surface area contributed by atoms with Gasteiger partial charge in [-0.1, -0.05) is 22.8 Å². The summed E-state index contributed by atoms with van der Waals surface area (Å²) in [7, 11) is -3.22. The molecule has 2 N–H and O–H groups in total. The number of nitrogens with one attached hydrogen (secondary N) is 1. The van der Waals surface area contributed by atoms with Crippen LogP contribution >= 0.6 is 11.6 Å². The van der Waals surface area contributed by atoms with E-state index in [1.165, 1.54) is 12.1 Å². The molecule has 0 aromatic heterocycles. The van der Waals surface area contributed by atoms with Gasteiger partial charge in [-0.25, -0.2) is 21.6 Å². The number of halogens is 4. The lowest BCUT2D eigenvalue weighted by molar-refractivity contribution is 0.318. The Hall–Kier alpha value is -2.59. The highest BCUT2D eigenvalue weighted by Crippen LogP contribution is 2.33. The fourth-order valence-corrected chi connectivity index (χ4v) is 3.69. The Kier molecular flexibility index (Phi) is 6.37. The highest BCUT2D eigenvalue weighted by molar-refractivity contribution is 7.90. The molecule has 0 aliphatic carbocycles. The van der Waals surface area contributed by atoms with E-state index >= 15 is 0 Å². The van der Waals surface area contributed by atoms with Gasteiger partial charge in [-0.15, -0.1) is 0 Å². The lowest BCUT2D eigenvalue weighted by Crippen LogP contribution is -2.12. The van der Waals surface area contributed by atoms with Gasteiger partial charge in [0.1, 0.15) is 21.5 Å². The molecule has 2 aromatic carbocycles. The van der Waals surface area contributed by atoms with Crippen molar-refractivity contribution in [3.05, 3.63) is 63.4 Å². The SMILES string of the molecule is CS(=O)(=O)CCN=C1Cc2c(/C(Cc3ccc(F)c(Cl)c3)=N/O)cc(F)c(F)c2N1. The van der Waals surface area contributed by atoms with E-state index in [2.05, 4.69) is 15.5 Å². The summed E-state index contributed by atoms with van der Waals surface area (Å²) in [5.41, 5.74) is 0.828. The number of oxime groups is 1. The van der Waals surface area contributed by atoms with Gasteiger partial charge in [0.2, 0.25) is 0 Å². The van der Waals surface area contributed by atoms with E-state index in [1.54, 1.807) is 0 Å². The monoisotopic (exact) mass is 459 g/mol. The normalized spacial score (nSPS) is 15.4. The Balaban J connectivity index is 1.93. The van der Waals surface area contributed by atoms with Gasteiger partial charge in [0.15, 0.2) is 11.6 Å². The van der Waals surface area contributed by atoms with Gasteiger partial charge in [-0.3, -0.25) is 4.99 Å². The lowest BCUT2D eigenvalue weighted by Gasteiger charge is -2.11. The average Bonchev–Trinajstić information content (AvgIpc) is 3.09. The molecule has 2 aromatic rings. The van der Waals surface area contributed by atoms with E-state index in [9.17, 15) is 26.8 Å². The van der Waals surface area contributed by atoms with Crippen LogP contribution < -0.4 is 5.32 Å². The predicted molar refractivity (Wildman–Crippen MR) is 109 cm³/mol. The van der Waals surface area contributed by atoms with Gasteiger partial charge in [0.05, 0.1) is 28.7 Å². The highest BCUT2D eigenvalue weighted by atomic mass is 35.5. The van der Waals surface area contributed by atoms with Crippen LogP contribution in [-0.2, 0) is 22.7 Å². The minimum Gasteiger partial charge on any atom is -0.411 e. The van der Waals surface area contributed by atoms with Crippen LogP contribution in [0.25, 0.3) is 0 Å². The quantitative estimate of drug-likeness (QED) is 0.392. The number of amidine groups is 1. The largest absolute Gasteiger partial charge is 0.411 e. The number of rotatable bonds is 6. The molecule has 0 atom stereocenters. The summed E-state index contributed by atoms with van der Waals surface area (Å²) in [6.45, 7) is -0.0381. The lowest BCUT2D eigenvalue weighted by atomic mass is 9.95. The topological polar surface area (TPSA) is 91.1 Å². The molecule has 0 saturated heterocycles. The fraction of sp³-hybridized carbons (Fsp3) is 0.263. The van der Waals surface area contributed by atoms with Gasteiger partial charge in [0.25, 0.3) is 0 Å². The Morgan fingerprint density at radius 3 is 2.60 bits per heavy atom. The van der Waals surface area contributed by atoms with Gasteiger partial charge in [-0.2, -0.15) is 0 Å². The first-order valence-electron chi connectivity index (χ1n) is 8.73. The fourth-order valence-electron chi connectivity index (χ4n) is 3.06. The molecule has 0 fully saturated rings. The van der Waals surface area contributed by atoms with Crippen LogP contribution in [0.4, 0.5) is 18.9 Å². The van der Waals surface area contributed by atoms with E-state index < -0.39 is 27.3 Å². The van der Waals surface area contributed by atoms with Crippen molar-refractivity contribution in [2.75, 3.05) is 23.9 Å². The maximum absolute atomic E-state index is 14.3. The van der Waals surface area contributed by atoms with Crippen molar-refractivity contribution < 1.29 is 26.8 Å². The molecule has 1 aliphatic heterocycles. The van der Waals surface area contributed by atoms with Crippen molar-refractivity contribution >= 4 is 38.7 Å². The minimum absolute atomic E-state index is 0.0193. The summed E-state index contributed by atoms with van der Waals surface area (Å²) >= 11 is 5.77. The molecule has 0 spiro atoms. The van der Waals surface area contributed by atoms with Crippen molar-refractivity contribution in [1.29, 1.82) is 0 Å². The molecule has 0 unspecified atom stereocenters. The second-order valence-electron chi connectivity index (χ2n) is 6.81. The summed E-state index contributed by atoms with van der Waals surface area (Å²) < 4.78 is 64.4. The molecule has 0 bridgehead atoms. The zero-order valence-electron chi connectivity index (χ0n) is 15.7. The van der Waals surface area contributed by atoms with Crippen molar-refractivity contribution in [3.8, 4) is 0 Å². The molecule has 1 aliphatic rings. The second-order valence-corrected chi connectivity index (χ2v) is 9.47. The molecule has 30 heavy (non-hydrogen) atoms. The third kappa shape index (κ3) is 4.93. The average molecular weight is 460 g/mol. The van der Waals surface area contributed by atoms with E-state index in [4.69, 9.17) is 11.6 Å². The smallest absolute Gasteiger partial charge is 0.182 e. The Labute approximate surface area is 176 Å². The van der Waals surface area contributed by atoms with Crippen LogP contribution in [0.3, 0.4) is 0 Å². The Bertz CT molecular complexity index is 1170. The first kappa shape index (κ1) is 22.1. The highest BCUT2D eigenvalue weighted by Gasteiger charge is 2.28. The van der Waals surface area contributed by atoms with Crippen LogP contribution in [0.5, 0.6) is 0 Å². The summed E-state index contributed by atoms with van der Waals surface area (Å²) in [5, 5.41) is 15.3. The number of anilines is 1. The van der Waals surface area contributed by atoms with Gasteiger partial charge < -0.3 is 10.5 Å². The number of aliphatic imine (C=N–C) groups is 1. The summed E-state index contributed by atoms with van der Waals surface area (Å²) in [6, 6.07) is 4.84. The Morgan fingerprint density at radius 2 is 1.97 bits per heavy atom. The molecule has 0 radical (unpaired) electrons. The first-order chi connectivity index (χ1) is 14.1. The molecular formula is C19H17ClF3N3O3S. The van der Waals surface area contributed by atoms with E-state index in [-0.39, 0.29) is 53.0 Å². The molecule has 3 rings (SSSR count). The second kappa shape index (κ2) is 8.65. The van der Waals surface area contributed by atoms with E-state index in [1.807, 2.05) is 0 Å². The van der Waals surface area contributed by atoms with Crippen LogP contribution in [-0.4, -0.2) is 43.7 Å². The van der Waals surface area contributed by atoms with Crippen molar-refractivity contribution in [2.45, 2.75) is 12.8 Å². The van der Waals surface area contributed by atoms with E-state index in [0.29, 0.717) is 11.1 Å². The maximum Gasteiger partial charge on any atom is 0.182 e. The zero-order chi connectivity index (χ0) is 22.1. The molecule has 160 valence electrons. The molecule has 1 heterocycles. The number of sulfone groups is 1. The number of benzene rings is 2. The van der Waals surface area contributed by atoms with Crippen LogP contribution in [0.1, 0.15) is 16.7 Å². The third-order valence-electron chi connectivity index (χ3n) is 4.49. The standard InChI is InChI=1S/C19H17ClF3N3O3S/c1-30(28,29)5-4-24-17-9-12-11(8-15(22)18(23)19(12)25-17)16(26-27)7-10-2-3-14(21)13(20)6-10/h2-3,6,8,27H,4-5,7,9H2,1H3,(H,24,25)/b26-16+. The summed E-state index contributed by atoms with van der Waals surface area (Å²) in [6.07, 6.45) is 1.12. The Morgan fingerprint density at radius 1 is 1.23 bits per heavy atom. The predicted octanol–water partition coefficient (Wildman–Crippen LogP) is 3.59. The minimum atomic E-state index is -3.22. The van der Waals surface area contributed by atoms with Crippen LogP contribution in [0.15, 0.2) is 34.4 Å². The molecular weight excluding hydrogens is 443 g/mol. The van der Waals surface area contributed by atoms with Gasteiger partial charge in [-0.05, 0) is 29.3 Å². The molecule has 6 nitrogen and oxygen atoms in total. The van der Waals surface area contributed by atoms with Crippen molar-refractivity contribution in [3.63, 3.8) is 0 Å². The van der Waals surface area contributed by atoms with Gasteiger partial charge in [0, 0.05) is 24.7 Å². The molecule has 0 amide bonds. The van der Waals surface area contributed by atoms with Crippen molar-refractivity contribution in [2.24, 2.45) is 10.1 Å². The van der Waals surface area contributed by atoms with Crippen molar-refractivity contribution in [1.82, 2.24) is 0 Å². The number of fused-ring (bicyclic) bond motifs is 1. The molecule has 0 saturated carbocycles. The number of hydrogen-bond donors (Lipinski definition) is 2. The van der Waals surface area contributed by atoms with E-state index in [0.717, 1.165) is 18.4 Å². The zero-order valence-corrected chi connectivity index (χ0v) is 17.3. The maximum atomic E-state index is 14.3. The number of nitrogens with zero attached hydrogens (tertiary/aromatic N) is 2. The summed E-state index contributed by atoms with van der Waals surface area (Å²) in [4.78, 5) is 4.10. The van der Waals surface area contributed by atoms with Crippen LogP contribution in [0, 0.1) is 17.5 Å². The molecule has 11 heteroatoms.